The van der Waals surface area contributed by atoms with Gasteiger partial charge in [-0.05, 0) is 31.0 Å². The maximum absolute atomic E-state index is 9.11. The second-order valence-electron chi connectivity index (χ2n) is 4.12. The van der Waals surface area contributed by atoms with Crippen LogP contribution in [0.25, 0.3) is 0 Å². The first-order valence-corrected chi connectivity index (χ1v) is 6.20. The van der Waals surface area contributed by atoms with Crippen molar-refractivity contribution in [3.05, 3.63) is 28.2 Å². The average Bonchev–Trinajstić information content (AvgIpc) is 2.28. The molecule has 1 fully saturated rings. The van der Waals surface area contributed by atoms with Crippen molar-refractivity contribution in [1.29, 1.82) is 5.26 Å². The third kappa shape index (κ3) is 2.37. The van der Waals surface area contributed by atoms with Gasteiger partial charge in [0.25, 0.3) is 0 Å². The van der Waals surface area contributed by atoms with Crippen LogP contribution in [0, 0.1) is 11.3 Å². The number of nitrogens with two attached hydrogens (primary N) is 1. The number of rotatable bonds is 1. The summed E-state index contributed by atoms with van der Waals surface area (Å²) in [6.07, 6.45) is 2.18. The highest BCUT2D eigenvalue weighted by Gasteiger charge is 2.19. The van der Waals surface area contributed by atoms with Gasteiger partial charge in [-0.1, -0.05) is 15.9 Å². The van der Waals surface area contributed by atoms with Crippen LogP contribution in [0.1, 0.15) is 18.4 Å². The number of halogens is 1. The Morgan fingerprint density at radius 2 is 2.31 bits per heavy atom. The molecule has 2 rings (SSSR count). The Labute approximate surface area is 104 Å². The zero-order valence-corrected chi connectivity index (χ0v) is 10.6. The van der Waals surface area contributed by atoms with Crippen molar-refractivity contribution >= 4 is 21.6 Å². The fourth-order valence-corrected chi connectivity index (χ4v) is 2.46. The van der Waals surface area contributed by atoms with Gasteiger partial charge >= 0.3 is 0 Å². The lowest BCUT2D eigenvalue weighted by atomic mass is 10.0. The molecule has 2 N–H and O–H groups in total. The molecule has 0 radical (unpaired) electrons. The molecule has 1 aromatic carbocycles. The number of nitriles is 1. The number of hydrogen-bond acceptors (Lipinski definition) is 3. The highest BCUT2D eigenvalue weighted by molar-refractivity contribution is 9.10. The van der Waals surface area contributed by atoms with E-state index in [1.807, 2.05) is 18.2 Å². The van der Waals surface area contributed by atoms with Gasteiger partial charge in [0.2, 0.25) is 0 Å². The summed E-state index contributed by atoms with van der Waals surface area (Å²) in [4.78, 5) is 2.21. The zero-order chi connectivity index (χ0) is 11.5. The van der Waals surface area contributed by atoms with Crippen LogP contribution < -0.4 is 10.6 Å². The maximum atomic E-state index is 9.11. The van der Waals surface area contributed by atoms with Crippen LogP contribution in [-0.2, 0) is 0 Å². The lowest BCUT2D eigenvalue weighted by Gasteiger charge is -2.33. The minimum absolute atomic E-state index is 0.226. The molecule has 1 aliphatic rings. The van der Waals surface area contributed by atoms with E-state index in [1.165, 1.54) is 0 Å². The summed E-state index contributed by atoms with van der Waals surface area (Å²) in [6.45, 7) is 1.83. The van der Waals surface area contributed by atoms with Gasteiger partial charge in [0, 0.05) is 23.6 Å². The third-order valence-electron chi connectivity index (χ3n) is 2.88. The topological polar surface area (TPSA) is 53.0 Å². The first kappa shape index (κ1) is 11.4. The Hall–Kier alpha value is -1.05. The molecule has 0 aliphatic carbocycles. The standard InChI is InChI=1S/C12H14BrN3/c13-10-3-4-12(9(6-10)7-14)16-5-1-2-11(15)8-16/h3-4,6,11H,1-2,5,8,15H2. The monoisotopic (exact) mass is 279 g/mol. The molecule has 0 bridgehead atoms. The summed E-state index contributed by atoms with van der Waals surface area (Å²) in [5, 5.41) is 9.11. The van der Waals surface area contributed by atoms with E-state index in [0.717, 1.165) is 36.1 Å². The van der Waals surface area contributed by atoms with Crippen molar-refractivity contribution in [3.63, 3.8) is 0 Å². The van der Waals surface area contributed by atoms with Crippen LogP contribution in [0.4, 0.5) is 5.69 Å². The average molecular weight is 280 g/mol. The Kier molecular flexibility index (Phi) is 3.47. The molecule has 3 nitrogen and oxygen atoms in total. The summed E-state index contributed by atoms with van der Waals surface area (Å²) in [5.41, 5.74) is 7.66. The van der Waals surface area contributed by atoms with E-state index in [4.69, 9.17) is 11.0 Å². The molecule has 0 amide bonds. The van der Waals surface area contributed by atoms with E-state index >= 15 is 0 Å². The molecule has 1 atom stereocenters. The van der Waals surface area contributed by atoms with Crippen LogP contribution in [0.2, 0.25) is 0 Å². The van der Waals surface area contributed by atoms with Gasteiger partial charge < -0.3 is 10.6 Å². The molecule has 0 saturated carbocycles. The molecule has 0 aromatic heterocycles. The Balaban J connectivity index is 2.29. The summed E-state index contributed by atoms with van der Waals surface area (Å²) in [5.74, 6) is 0. The van der Waals surface area contributed by atoms with Crippen LogP contribution in [0.3, 0.4) is 0 Å². The van der Waals surface area contributed by atoms with E-state index in [-0.39, 0.29) is 6.04 Å². The summed E-state index contributed by atoms with van der Waals surface area (Å²) in [7, 11) is 0. The number of anilines is 1. The van der Waals surface area contributed by atoms with Gasteiger partial charge in [-0.15, -0.1) is 0 Å². The molecule has 84 valence electrons. The smallest absolute Gasteiger partial charge is 0.101 e. The van der Waals surface area contributed by atoms with Gasteiger partial charge in [0.05, 0.1) is 11.3 Å². The van der Waals surface area contributed by atoms with E-state index in [2.05, 4.69) is 26.9 Å². The summed E-state index contributed by atoms with van der Waals surface area (Å²) in [6, 6.07) is 8.27. The molecule has 1 aliphatic heterocycles. The minimum Gasteiger partial charge on any atom is -0.369 e. The third-order valence-corrected chi connectivity index (χ3v) is 3.37. The highest BCUT2D eigenvalue weighted by Crippen LogP contribution is 2.26. The van der Waals surface area contributed by atoms with Gasteiger partial charge in [0.15, 0.2) is 0 Å². The zero-order valence-electron chi connectivity index (χ0n) is 8.99. The van der Waals surface area contributed by atoms with Crippen LogP contribution >= 0.6 is 15.9 Å². The SMILES string of the molecule is N#Cc1cc(Br)ccc1N1CCCC(N)C1. The Bertz CT molecular complexity index is 425. The molecular formula is C12H14BrN3. The maximum Gasteiger partial charge on any atom is 0.101 e. The molecule has 1 aromatic rings. The van der Waals surface area contributed by atoms with E-state index in [9.17, 15) is 0 Å². The molecule has 1 heterocycles. The minimum atomic E-state index is 0.226. The first-order valence-electron chi connectivity index (χ1n) is 5.41. The summed E-state index contributed by atoms with van der Waals surface area (Å²) >= 11 is 3.38. The number of piperidine rings is 1. The Morgan fingerprint density at radius 1 is 1.50 bits per heavy atom. The van der Waals surface area contributed by atoms with Crippen molar-refractivity contribution in [2.24, 2.45) is 5.73 Å². The van der Waals surface area contributed by atoms with E-state index in [1.54, 1.807) is 0 Å². The molecule has 16 heavy (non-hydrogen) atoms. The number of nitrogens with zero attached hydrogens (tertiary/aromatic N) is 2. The molecule has 0 spiro atoms. The number of benzene rings is 1. The lowest BCUT2D eigenvalue weighted by molar-refractivity contribution is 0.506. The van der Waals surface area contributed by atoms with Crippen LogP contribution in [-0.4, -0.2) is 19.1 Å². The Morgan fingerprint density at radius 3 is 3.00 bits per heavy atom. The van der Waals surface area contributed by atoms with Gasteiger partial charge in [-0.2, -0.15) is 5.26 Å². The van der Waals surface area contributed by atoms with Crippen molar-refractivity contribution < 1.29 is 0 Å². The summed E-state index contributed by atoms with van der Waals surface area (Å²) < 4.78 is 0.939. The largest absolute Gasteiger partial charge is 0.369 e. The molecular weight excluding hydrogens is 266 g/mol. The molecule has 1 saturated heterocycles. The predicted octanol–water partition coefficient (Wildman–Crippen LogP) is 2.25. The van der Waals surface area contributed by atoms with E-state index < -0.39 is 0 Å². The van der Waals surface area contributed by atoms with Crippen molar-refractivity contribution in [3.8, 4) is 6.07 Å². The van der Waals surface area contributed by atoms with Gasteiger partial charge in [-0.3, -0.25) is 0 Å². The fraction of sp³-hybridized carbons (Fsp3) is 0.417. The highest BCUT2D eigenvalue weighted by atomic mass is 79.9. The normalized spacial score (nSPS) is 20.6. The predicted molar refractivity (Wildman–Crippen MR) is 68.3 cm³/mol. The van der Waals surface area contributed by atoms with E-state index in [0.29, 0.717) is 5.56 Å². The second kappa shape index (κ2) is 4.86. The fourth-order valence-electron chi connectivity index (χ4n) is 2.10. The lowest BCUT2D eigenvalue weighted by Crippen LogP contribution is -2.43. The van der Waals surface area contributed by atoms with Crippen LogP contribution in [0.15, 0.2) is 22.7 Å². The quantitative estimate of drug-likeness (QED) is 0.858. The van der Waals surface area contributed by atoms with Crippen molar-refractivity contribution in [2.45, 2.75) is 18.9 Å². The van der Waals surface area contributed by atoms with Gasteiger partial charge in [0.1, 0.15) is 6.07 Å². The second-order valence-corrected chi connectivity index (χ2v) is 5.04. The van der Waals surface area contributed by atoms with Gasteiger partial charge in [-0.25, -0.2) is 0 Å². The molecule has 1 unspecified atom stereocenters. The van der Waals surface area contributed by atoms with Crippen molar-refractivity contribution in [1.82, 2.24) is 0 Å². The number of hydrogen-bond donors (Lipinski definition) is 1. The van der Waals surface area contributed by atoms with Crippen molar-refractivity contribution in [2.75, 3.05) is 18.0 Å². The molecule has 4 heteroatoms. The first-order chi connectivity index (χ1) is 7.70. The van der Waals surface area contributed by atoms with Crippen LogP contribution in [0.5, 0.6) is 0 Å².